The largest absolute Gasteiger partial charge is 0.343 e. The highest BCUT2D eigenvalue weighted by molar-refractivity contribution is 5.72. The van der Waals surface area contributed by atoms with Crippen LogP contribution in [0.15, 0.2) is 0 Å². The van der Waals surface area contributed by atoms with E-state index >= 15 is 0 Å². The molecule has 0 saturated heterocycles. The van der Waals surface area contributed by atoms with Crippen LogP contribution >= 0.6 is 0 Å². The summed E-state index contributed by atoms with van der Waals surface area (Å²) in [5.41, 5.74) is 11.2. The molecular weight excluding hydrogens is 110 g/mol. The van der Waals surface area contributed by atoms with E-state index in [9.17, 15) is 4.79 Å². The molecule has 7 N–H and O–H groups in total. The van der Waals surface area contributed by atoms with E-state index in [1.807, 2.05) is 5.43 Å². The van der Waals surface area contributed by atoms with Crippen molar-refractivity contribution in [3.8, 4) is 0 Å². The molecule has 0 aliphatic rings. The van der Waals surface area contributed by atoms with Gasteiger partial charge < -0.3 is 5.73 Å². The molecular formula is C2H9N5O. The highest BCUT2D eigenvalue weighted by Crippen LogP contribution is 1.48. The Morgan fingerprint density at radius 1 is 1.62 bits per heavy atom. The van der Waals surface area contributed by atoms with Gasteiger partial charge in [0.25, 0.3) is 0 Å². The number of carbonyl (C=O) groups is 1. The molecule has 8 heavy (non-hydrogen) atoms. The van der Waals surface area contributed by atoms with Crippen molar-refractivity contribution in [3.05, 3.63) is 0 Å². The average Bonchev–Trinajstić information content (AvgIpc) is 1.83. The van der Waals surface area contributed by atoms with Crippen LogP contribution in [0.25, 0.3) is 0 Å². The van der Waals surface area contributed by atoms with E-state index < -0.39 is 6.03 Å². The molecule has 0 rings (SSSR count). The minimum absolute atomic E-state index is 0.174. The fourth-order valence-electron chi connectivity index (χ4n) is 0.167. The third kappa shape index (κ3) is 3.34. The van der Waals surface area contributed by atoms with Gasteiger partial charge in [-0.15, -0.1) is 0 Å². The number of hydrazine groups is 2. The van der Waals surface area contributed by atoms with E-state index in [4.69, 9.17) is 5.73 Å². The molecule has 0 aliphatic heterocycles. The van der Waals surface area contributed by atoms with E-state index in [-0.39, 0.29) is 6.67 Å². The van der Waals surface area contributed by atoms with Gasteiger partial charge in [-0.3, -0.25) is 10.9 Å². The molecule has 2 amide bonds. The molecule has 0 aromatic rings. The Morgan fingerprint density at radius 2 is 2.25 bits per heavy atom. The zero-order chi connectivity index (χ0) is 6.41. The van der Waals surface area contributed by atoms with Gasteiger partial charge in [-0.1, -0.05) is 0 Å². The molecule has 0 unspecified atom stereocenters. The van der Waals surface area contributed by atoms with Gasteiger partial charge in [-0.05, 0) is 0 Å². The fourth-order valence-corrected chi connectivity index (χ4v) is 0.167. The molecule has 0 aliphatic carbocycles. The summed E-state index contributed by atoms with van der Waals surface area (Å²) in [4.78, 5) is 10.1. The van der Waals surface area contributed by atoms with E-state index in [0.717, 1.165) is 0 Å². The number of carbonyl (C=O) groups excluding carboxylic acids is 1. The lowest BCUT2D eigenvalue weighted by molar-refractivity contribution is 0.237. The van der Waals surface area contributed by atoms with Crippen LogP contribution in [0.1, 0.15) is 0 Å². The van der Waals surface area contributed by atoms with Gasteiger partial charge in [0.2, 0.25) is 0 Å². The smallest absolute Gasteiger partial charge is 0.317 e. The Kier molecular flexibility index (Phi) is 3.85. The minimum atomic E-state index is -0.518. The monoisotopic (exact) mass is 119 g/mol. The van der Waals surface area contributed by atoms with Crippen molar-refractivity contribution in [1.82, 2.24) is 16.3 Å². The van der Waals surface area contributed by atoms with Crippen LogP contribution in [0.5, 0.6) is 0 Å². The zero-order valence-corrected chi connectivity index (χ0v) is 4.27. The maximum atomic E-state index is 10.1. The first-order chi connectivity index (χ1) is 3.81. The number of nitrogens with two attached hydrogens (primary N) is 2. The maximum absolute atomic E-state index is 10.1. The summed E-state index contributed by atoms with van der Waals surface area (Å²) in [7, 11) is 0. The Labute approximate surface area is 46.5 Å². The van der Waals surface area contributed by atoms with Gasteiger partial charge in [0.15, 0.2) is 0 Å². The van der Waals surface area contributed by atoms with Crippen LogP contribution in [0.3, 0.4) is 0 Å². The predicted octanol–water partition coefficient (Wildman–Crippen LogP) is -2.42. The topological polar surface area (TPSA) is 105 Å². The second-order valence-electron chi connectivity index (χ2n) is 0.979. The Bertz CT molecular complexity index is 72.8. The molecule has 0 fully saturated rings. The van der Waals surface area contributed by atoms with E-state index in [1.54, 1.807) is 0 Å². The van der Waals surface area contributed by atoms with Crippen LogP contribution < -0.4 is 27.9 Å². The number of rotatable bonds is 2. The highest BCUT2D eigenvalue weighted by Gasteiger charge is 1.88. The summed E-state index contributed by atoms with van der Waals surface area (Å²) in [6.07, 6.45) is 0. The molecule has 0 aromatic carbocycles. The molecule has 0 atom stereocenters. The predicted molar refractivity (Wildman–Crippen MR) is 28.0 cm³/mol. The lowest BCUT2D eigenvalue weighted by Gasteiger charge is -2.00. The normalized spacial score (nSPS) is 8.25. The molecule has 0 saturated carbocycles. The number of urea groups is 1. The van der Waals surface area contributed by atoms with Crippen LogP contribution in [-0.4, -0.2) is 12.7 Å². The maximum Gasteiger partial charge on any atom is 0.343 e. The number of amides is 2. The van der Waals surface area contributed by atoms with Crippen molar-refractivity contribution >= 4 is 6.03 Å². The van der Waals surface area contributed by atoms with Crippen molar-refractivity contribution in [2.45, 2.75) is 0 Å². The van der Waals surface area contributed by atoms with Gasteiger partial charge in [-0.2, -0.15) is 0 Å². The van der Waals surface area contributed by atoms with Gasteiger partial charge in [0.05, 0.1) is 6.67 Å². The van der Waals surface area contributed by atoms with Crippen molar-refractivity contribution in [2.75, 3.05) is 6.67 Å². The lowest BCUT2D eigenvalue weighted by Crippen LogP contribution is -2.48. The number of hydrogen-bond acceptors (Lipinski definition) is 4. The third-order valence-corrected chi connectivity index (χ3v) is 0.435. The van der Waals surface area contributed by atoms with Gasteiger partial charge >= 0.3 is 6.03 Å². The van der Waals surface area contributed by atoms with Crippen LogP contribution in [0, 0.1) is 0 Å². The van der Waals surface area contributed by atoms with Crippen molar-refractivity contribution in [2.24, 2.45) is 11.6 Å². The molecule has 0 bridgehead atoms. The summed E-state index contributed by atoms with van der Waals surface area (Å²) in [6, 6.07) is -0.518. The SMILES string of the molecule is NCNNC(=O)NN. The quantitative estimate of drug-likeness (QED) is 0.121. The van der Waals surface area contributed by atoms with E-state index in [2.05, 4.69) is 16.7 Å². The summed E-state index contributed by atoms with van der Waals surface area (Å²) < 4.78 is 0. The first-order valence-electron chi connectivity index (χ1n) is 2.00. The zero-order valence-electron chi connectivity index (χ0n) is 4.27. The summed E-state index contributed by atoms with van der Waals surface area (Å²) in [5, 5.41) is 0. The number of hydrogen-bond donors (Lipinski definition) is 5. The molecule has 0 aromatic heterocycles. The standard InChI is InChI=1S/C2H9N5O/c3-1-5-7-2(8)6-4/h5H,1,3-4H2,(H2,6,7,8). The van der Waals surface area contributed by atoms with E-state index in [1.165, 1.54) is 0 Å². The van der Waals surface area contributed by atoms with Crippen molar-refractivity contribution in [1.29, 1.82) is 0 Å². The van der Waals surface area contributed by atoms with Gasteiger partial charge in [0, 0.05) is 0 Å². The average molecular weight is 119 g/mol. The Hall–Kier alpha value is -0.850. The number of nitrogens with one attached hydrogen (secondary N) is 3. The van der Waals surface area contributed by atoms with Crippen LogP contribution in [-0.2, 0) is 0 Å². The second-order valence-corrected chi connectivity index (χ2v) is 0.979. The van der Waals surface area contributed by atoms with Gasteiger partial charge in [0.1, 0.15) is 0 Å². The fraction of sp³-hybridized carbons (Fsp3) is 0.500. The first kappa shape index (κ1) is 7.15. The van der Waals surface area contributed by atoms with Crippen molar-refractivity contribution < 1.29 is 4.79 Å². The third-order valence-electron chi connectivity index (χ3n) is 0.435. The summed E-state index contributed by atoms with van der Waals surface area (Å²) in [6.45, 7) is 0.174. The van der Waals surface area contributed by atoms with Crippen molar-refractivity contribution in [3.63, 3.8) is 0 Å². The van der Waals surface area contributed by atoms with Crippen LogP contribution in [0.2, 0.25) is 0 Å². The molecule has 0 spiro atoms. The summed E-state index contributed by atoms with van der Waals surface area (Å²) in [5.74, 6) is 4.67. The summed E-state index contributed by atoms with van der Waals surface area (Å²) >= 11 is 0. The highest BCUT2D eigenvalue weighted by atomic mass is 16.2. The molecule has 6 heteroatoms. The Morgan fingerprint density at radius 3 is 2.62 bits per heavy atom. The first-order valence-corrected chi connectivity index (χ1v) is 2.00. The molecule has 6 nitrogen and oxygen atoms in total. The lowest BCUT2D eigenvalue weighted by atomic mass is 11.1. The second kappa shape index (κ2) is 4.31. The van der Waals surface area contributed by atoms with Gasteiger partial charge in [-0.25, -0.2) is 16.1 Å². The molecule has 0 heterocycles. The Balaban J connectivity index is 2.99. The minimum Gasteiger partial charge on any atom is -0.317 e. The van der Waals surface area contributed by atoms with Crippen LogP contribution in [0.4, 0.5) is 4.79 Å². The molecule has 0 radical (unpaired) electrons. The van der Waals surface area contributed by atoms with E-state index in [0.29, 0.717) is 0 Å². The molecule has 48 valence electrons.